The maximum absolute atomic E-state index is 12.8. The van der Waals surface area contributed by atoms with Crippen molar-refractivity contribution in [3.05, 3.63) is 90.0 Å². The van der Waals surface area contributed by atoms with E-state index in [4.69, 9.17) is 9.47 Å². The fourth-order valence-corrected chi connectivity index (χ4v) is 4.97. The predicted octanol–water partition coefficient (Wildman–Crippen LogP) is -0.396. The first kappa shape index (κ1) is 41.1. The third-order valence-corrected chi connectivity index (χ3v) is 7.56. The van der Waals surface area contributed by atoms with Crippen LogP contribution in [-0.4, -0.2) is 31.5 Å². The van der Waals surface area contributed by atoms with E-state index in [1.807, 2.05) is 12.1 Å². The summed E-state index contributed by atoms with van der Waals surface area (Å²) in [6.07, 6.45) is 5.57. The number of hydrogen-bond acceptors (Lipinski definition) is 13. The molecule has 3 rings (SSSR count). The molecule has 3 aromatic rings. The second-order valence-electron chi connectivity index (χ2n) is 9.08. The van der Waals surface area contributed by atoms with Crippen LogP contribution in [0, 0.1) is 6.92 Å². The number of hydrogen-bond donors (Lipinski definition) is 0. The summed E-state index contributed by atoms with van der Waals surface area (Å²) < 4.78 is 49.2. The molecule has 0 bridgehead atoms. The van der Waals surface area contributed by atoms with E-state index in [1.165, 1.54) is 37.3 Å². The van der Waals surface area contributed by atoms with Crippen LogP contribution in [0.1, 0.15) is 47.2 Å². The van der Waals surface area contributed by atoms with Gasteiger partial charge in [-0.25, -0.2) is 18.0 Å². The Morgan fingerprint density at radius 2 is 1.58 bits per heavy atom. The molecule has 3 aromatic carbocycles. The minimum Gasteiger partial charge on any atom is -0.744 e. The van der Waals surface area contributed by atoms with Gasteiger partial charge in [0.2, 0.25) is 0 Å². The van der Waals surface area contributed by atoms with Gasteiger partial charge in [-0.15, -0.1) is 0 Å². The molecule has 0 aromatic heterocycles. The molecule has 228 valence electrons. The maximum atomic E-state index is 12.8. The van der Waals surface area contributed by atoms with Crippen LogP contribution in [0.15, 0.2) is 93.3 Å². The van der Waals surface area contributed by atoms with Gasteiger partial charge in [-0.05, 0) is 79.8 Å². The van der Waals surface area contributed by atoms with E-state index in [1.54, 1.807) is 12.1 Å². The van der Waals surface area contributed by atoms with Crippen molar-refractivity contribution < 1.29 is 106 Å². The van der Waals surface area contributed by atoms with Gasteiger partial charge in [0.25, 0.3) is 0 Å². The van der Waals surface area contributed by atoms with Gasteiger partial charge in [-0.3, -0.25) is 5.04 Å². The fourth-order valence-electron chi connectivity index (χ4n) is 3.78. The summed E-state index contributed by atoms with van der Waals surface area (Å²) in [5.41, 5.74) is 2.00. The zero-order chi connectivity index (χ0) is 31.2. The first-order valence-corrected chi connectivity index (χ1v) is 15.1. The number of aryl methyl sites for hydroxylation is 2. The molecule has 0 unspecified atom stereocenters. The summed E-state index contributed by atoms with van der Waals surface area (Å²) in [6.45, 7) is 5.21. The molecule has 45 heavy (non-hydrogen) atoms. The van der Waals surface area contributed by atoms with Crippen LogP contribution in [0.3, 0.4) is 0 Å². The smallest absolute Gasteiger partial charge is 0.744 e. The average Bonchev–Trinajstić information content (AvgIpc) is 2.99. The Morgan fingerprint density at radius 3 is 2.22 bits per heavy atom. The first-order chi connectivity index (χ1) is 20.6. The molecule has 12 nitrogen and oxygen atoms in total. The Morgan fingerprint density at radius 1 is 0.933 bits per heavy atom. The van der Waals surface area contributed by atoms with Gasteiger partial charge in [0.05, 0.1) is 45.4 Å². The molecule has 0 spiro atoms. The molecule has 0 amide bonds. The van der Waals surface area contributed by atoms with Crippen LogP contribution >= 0.6 is 12.0 Å². The van der Waals surface area contributed by atoms with E-state index in [2.05, 4.69) is 26.2 Å². The summed E-state index contributed by atoms with van der Waals surface area (Å²) >= 11 is 0.486. The van der Waals surface area contributed by atoms with E-state index >= 15 is 0 Å². The van der Waals surface area contributed by atoms with Gasteiger partial charge < -0.3 is 19.3 Å². The van der Waals surface area contributed by atoms with E-state index in [0.29, 0.717) is 24.2 Å². The maximum Gasteiger partial charge on any atom is 1.00 e. The SMILES string of the molecule is C=CC(=O)OCCCCCCc1ccc(C(=O)Oc2ccc(N=Nc3ccc(C)c(S(=O)(=O)[O-])c3)cc2SOO[O-])cc1.[Na+].[Na+]. The Bertz CT molecular complexity index is 1570. The van der Waals surface area contributed by atoms with E-state index in [0.717, 1.165) is 49.8 Å². The Hall–Kier alpha value is -1.92. The molecule has 16 heteroatoms. The number of benzene rings is 3. The summed E-state index contributed by atoms with van der Waals surface area (Å²) in [5, 5.41) is 21.8. The number of unbranched alkanes of at least 4 members (excludes halogenated alkanes) is 3. The van der Waals surface area contributed by atoms with Gasteiger partial charge >= 0.3 is 71.1 Å². The molecule has 0 radical (unpaired) electrons. The Labute approximate surface area is 310 Å². The number of carbonyl (C=O) groups excluding carboxylic acids is 2. The average molecular weight is 675 g/mol. The summed E-state index contributed by atoms with van der Waals surface area (Å²) in [5.74, 6) is -1.01. The van der Waals surface area contributed by atoms with Crippen LogP contribution in [0.25, 0.3) is 0 Å². The molecule has 0 saturated heterocycles. The number of azo groups is 1. The number of nitrogens with zero attached hydrogens (tertiary/aromatic N) is 2. The van der Waals surface area contributed by atoms with Gasteiger partial charge in [-0.1, -0.05) is 37.6 Å². The minimum atomic E-state index is -4.69. The first-order valence-electron chi connectivity index (χ1n) is 13.0. The van der Waals surface area contributed by atoms with Crippen LogP contribution in [-0.2, 0) is 35.4 Å². The predicted molar refractivity (Wildman–Crippen MR) is 153 cm³/mol. The van der Waals surface area contributed by atoms with Crippen molar-refractivity contribution in [3.8, 4) is 5.75 Å². The Kier molecular flexibility index (Phi) is 19.2. The molecule has 0 aliphatic heterocycles. The van der Waals surface area contributed by atoms with Gasteiger partial charge in [-0.2, -0.15) is 14.6 Å². The van der Waals surface area contributed by atoms with E-state index in [9.17, 15) is 27.8 Å². The molecular formula is C29H28N2Na2O10S2. The van der Waals surface area contributed by atoms with Gasteiger partial charge in [0.1, 0.15) is 15.9 Å². The number of carbonyl (C=O) groups is 2. The van der Waals surface area contributed by atoms with Crippen molar-refractivity contribution in [2.75, 3.05) is 6.61 Å². The molecule has 0 fully saturated rings. The van der Waals surface area contributed by atoms with Gasteiger partial charge in [0, 0.05) is 6.08 Å². The van der Waals surface area contributed by atoms with Crippen LogP contribution in [0.5, 0.6) is 5.75 Å². The van der Waals surface area contributed by atoms with Crippen molar-refractivity contribution in [1.82, 2.24) is 0 Å². The summed E-state index contributed by atoms with van der Waals surface area (Å²) in [7, 11) is -4.69. The van der Waals surface area contributed by atoms with Crippen molar-refractivity contribution in [3.63, 3.8) is 0 Å². The third kappa shape index (κ3) is 14.2. The molecule has 0 saturated carbocycles. The fraction of sp³-hybridized carbons (Fsp3) is 0.241. The van der Waals surface area contributed by atoms with Crippen molar-refractivity contribution in [2.24, 2.45) is 10.2 Å². The quantitative estimate of drug-likeness (QED) is 0.0185. The monoisotopic (exact) mass is 674 g/mol. The normalized spacial score (nSPS) is 10.9. The number of esters is 2. The second kappa shape index (κ2) is 21.1. The summed E-state index contributed by atoms with van der Waals surface area (Å²) in [4.78, 5) is 23.6. The molecule has 0 heterocycles. The number of ether oxygens (including phenoxy) is 2. The van der Waals surface area contributed by atoms with E-state index < -0.39 is 27.0 Å². The summed E-state index contributed by atoms with van der Waals surface area (Å²) in [6, 6.07) is 15.3. The Balaban J connectivity index is 0.00000506. The zero-order valence-corrected chi connectivity index (χ0v) is 30.7. The van der Waals surface area contributed by atoms with E-state index in [-0.39, 0.29) is 86.7 Å². The molecule has 0 aliphatic carbocycles. The van der Waals surface area contributed by atoms with Crippen LogP contribution < -0.4 is 69.1 Å². The number of rotatable bonds is 16. The molecule has 0 atom stereocenters. The zero-order valence-electron chi connectivity index (χ0n) is 25.1. The second-order valence-corrected chi connectivity index (χ2v) is 11.2. The van der Waals surface area contributed by atoms with Crippen molar-refractivity contribution in [1.29, 1.82) is 0 Å². The van der Waals surface area contributed by atoms with Crippen LogP contribution in [0.4, 0.5) is 11.4 Å². The third-order valence-electron chi connectivity index (χ3n) is 5.96. The van der Waals surface area contributed by atoms with Gasteiger partial charge in [0.15, 0.2) is 0 Å². The molecule has 0 N–H and O–H groups in total. The largest absolute Gasteiger partial charge is 1.00 e. The molecular weight excluding hydrogens is 646 g/mol. The minimum absolute atomic E-state index is 0. The van der Waals surface area contributed by atoms with Crippen molar-refractivity contribution in [2.45, 2.75) is 48.8 Å². The van der Waals surface area contributed by atoms with Crippen molar-refractivity contribution >= 4 is 45.5 Å². The van der Waals surface area contributed by atoms with Crippen LogP contribution in [0.2, 0.25) is 0 Å². The molecule has 0 aliphatic rings. The topological polar surface area (TPSA) is 176 Å². The standard InChI is InChI=1S/C29H30N2O10S2.2Na/c1-3-28(32)38-17-7-5-4-6-8-21-10-12-22(13-11-21)29(33)39-25-16-15-23(18-26(25)42-41-40-34)30-31-24-14-9-20(2)27(19-24)43(35,36)37;;/h3,9-16,18-19,34H,1,4-8,17H2,2H3,(H,35,36,37);;/q;2*+1/p-2.